The fourth-order valence-corrected chi connectivity index (χ4v) is 0. The van der Waals surface area contributed by atoms with Crippen LogP contribution in [0.25, 0.3) is 0 Å². The quantitative estimate of drug-likeness (QED) is 0.375. The van der Waals surface area contributed by atoms with Crippen LogP contribution in [0.1, 0.15) is 0 Å². The molecular formula is H13ClIrNaO6. The summed E-state index contributed by atoms with van der Waals surface area (Å²) >= 11 is 1.47. The molecule has 0 rings (SSSR count). The molecule has 6 nitrogen and oxygen atoms in total. The Morgan fingerprint density at radius 2 is 0.556 bits per heavy atom. The molecule has 66 valence electrons. The van der Waals surface area contributed by atoms with Crippen LogP contribution < -0.4 is 0 Å². The summed E-state index contributed by atoms with van der Waals surface area (Å²) in [5.74, 6) is 0. The number of rotatable bonds is 0. The van der Waals surface area contributed by atoms with E-state index in [-0.39, 0.29) is 62.4 Å². The molecule has 0 aliphatic heterocycles. The van der Waals surface area contributed by atoms with Crippen LogP contribution in [0.5, 0.6) is 0 Å². The van der Waals surface area contributed by atoms with Gasteiger partial charge in [0.05, 0.1) is 0 Å². The molecular weight excluding hydrogens is 347 g/mol. The molecule has 12 N–H and O–H groups in total. The Balaban J connectivity index is -0.000000000238. The first kappa shape index (κ1) is 138. The third-order valence-corrected chi connectivity index (χ3v) is 0. The second-order valence-electron chi connectivity index (χ2n) is 0. The van der Waals surface area contributed by atoms with E-state index in [1.807, 2.05) is 0 Å². The summed E-state index contributed by atoms with van der Waals surface area (Å²) < 4.78 is 0. The summed E-state index contributed by atoms with van der Waals surface area (Å²) in [5.41, 5.74) is 0. The first-order chi connectivity index (χ1) is 1.00. The number of hydrogen-bond donors (Lipinski definition) is 0. The molecule has 0 radical (unpaired) electrons. The summed E-state index contributed by atoms with van der Waals surface area (Å²) in [5, 5.41) is 0. The topological polar surface area (TPSA) is 189 Å². The van der Waals surface area contributed by atoms with Crippen molar-refractivity contribution in [2.24, 2.45) is 0 Å². The van der Waals surface area contributed by atoms with Gasteiger partial charge in [0.2, 0.25) is 0 Å². The van der Waals surface area contributed by atoms with Gasteiger partial charge < -0.3 is 32.9 Å². The van der Waals surface area contributed by atoms with Gasteiger partial charge in [-0.05, 0) is 0 Å². The fourth-order valence-electron chi connectivity index (χ4n) is 0. The van der Waals surface area contributed by atoms with Gasteiger partial charge in [-0.15, -0.1) is 0 Å². The molecule has 0 saturated heterocycles. The Labute approximate surface area is 89.3 Å². The number of halogens is 1. The summed E-state index contributed by atoms with van der Waals surface area (Å²) in [7, 11) is 4.64. The average molecular weight is 360 g/mol. The second-order valence-corrected chi connectivity index (χ2v) is 0. The minimum atomic E-state index is 0. The SMILES string of the molecule is O.O.O.O.O.O.[Cl][Ir].[NaH]. The Kier molecular flexibility index (Phi) is 3900. The summed E-state index contributed by atoms with van der Waals surface area (Å²) in [4.78, 5) is 0. The molecule has 0 saturated carbocycles. The van der Waals surface area contributed by atoms with Crippen LogP contribution in [0.4, 0.5) is 0 Å². The molecule has 9 heteroatoms. The van der Waals surface area contributed by atoms with Crippen LogP contribution in [-0.4, -0.2) is 62.4 Å². The average Bonchev–Trinajstić information content (AvgIpc) is 1.00. The van der Waals surface area contributed by atoms with Crippen LogP contribution in [0, 0.1) is 0 Å². The van der Waals surface area contributed by atoms with E-state index in [0.29, 0.717) is 0 Å². The third kappa shape index (κ3) is 199. The minimum absolute atomic E-state index is 0. The molecule has 0 aromatic rings. The van der Waals surface area contributed by atoms with Crippen molar-refractivity contribution in [1.29, 1.82) is 0 Å². The second kappa shape index (κ2) is 254. The Hall–Kier alpha value is 1.70. The summed E-state index contributed by atoms with van der Waals surface area (Å²) in [6.45, 7) is 0. The third-order valence-electron chi connectivity index (χ3n) is 0. The van der Waals surface area contributed by atoms with Gasteiger partial charge in [-0.25, -0.2) is 0 Å². The van der Waals surface area contributed by atoms with Crippen molar-refractivity contribution in [3.05, 3.63) is 0 Å². The van der Waals surface area contributed by atoms with E-state index in [2.05, 4.69) is 9.58 Å². The zero-order valence-corrected chi connectivity index (χ0v) is 6.86. The molecule has 9 heavy (non-hydrogen) atoms. The van der Waals surface area contributed by atoms with Crippen molar-refractivity contribution in [3.63, 3.8) is 0 Å². The summed E-state index contributed by atoms with van der Waals surface area (Å²) in [6, 6.07) is 0. The van der Waals surface area contributed by atoms with Crippen molar-refractivity contribution >= 4 is 39.1 Å². The van der Waals surface area contributed by atoms with Gasteiger partial charge in [-0.2, -0.15) is 0 Å². The van der Waals surface area contributed by atoms with Gasteiger partial charge >= 0.3 is 57.0 Å². The monoisotopic (exact) mass is 360 g/mol. The maximum atomic E-state index is 4.64. The van der Waals surface area contributed by atoms with Gasteiger partial charge in [-0.3, -0.25) is 0 Å². The molecule has 0 bridgehead atoms. The van der Waals surface area contributed by atoms with Gasteiger partial charge in [0.1, 0.15) is 0 Å². The standard InChI is InChI=1S/ClH.Ir.Na.6H2O.H/h1H;;;6*1H2;/q;+1;;;;;;;;/p-1. The fraction of sp³-hybridized carbons (Fsp3) is 0. The first-order valence-electron chi connectivity index (χ1n) is 0.126. The van der Waals surface area contributed by atoms with E-state index in [0.717, 1.165) is 0 Å². The van der Waals surface area contributed by atoms with Gasteiger partial charge in [0, 0.05) is 0 Å². The zero-order valence-electron chi connectivity index (χ0n) is 3.71. The van der Waals surface area contributed by atoms with E-state index < -0.39 is 0 Å². The van der Waals surface area contributed by atoms with Gasteiger partial charge in [-0.1, -0.05) is 0 Å². The van der Waals surface area contributed by atoms with Crippen LogP contribution in [-0.2, 0) is 17.9 Å². The molecule has 0 aromatic heterocycles. The molecule has 0 spiro atoms. The molecule has 0 aliphatic carbocycles. The van der Waals surface area contributed by atoms with Crippen molar-refractivity contribution in [3.8, 4) is 0 Å². The Morgan fingerprint density at radius 1 is 0.556 bits per heavy atom. The van der Waals surface area contributed by atoms with Gasteiger partial charge in [0.25, 0.3) is 0 Å². The molecule has 0 unspecified atom stereocenters. The van der Waals surface area contributed by atoms with E-state index in [9.17, 15) is 0 Å². The molecule has 0 aliphatic rings. The maximum absolute atomic E-state index is 4.64. The molecule has 0 aromatic carbocycles. The van der Waals surface area contributed by atoms with Crippen molar-refractivity contribution in [2.45, 2.75) is 0 Å². The Morgan fingerprint density at radius 3 is 0.556 bits per heavy atom. The van der Waals surface area contributed by atoms with Crippen LogP contribution >= 0.6 is 9.58 Å². The molecule has 0 fully saturated rings. The van der Waals surface area contributed by atoms with Crippen molar-refractivity contribution < 1.29 is 50.7 Å². The predicted octanol–water partition coefficient (Wildman–Crippen LogP) is -4.91. The van der Waals surface area contributed by atoms with Crippen LogP contribution in [0.3, 0.4) is 0 Å². The van der Waals surface area contributed by atoms with Crippen LogP contribution in [0.2, 0.25) is 0 Å². The molecule has 0 atom stereocenters. The van der Waals surface area contributed by atoms with E-state index in [4.69, 9.17) is 0 Å². The Bertz CT molecular complexity index is 13.0. The summed E-state index contributed by atoms with van der Waals surface area (Å²) in [6.07, 6.45) is 0. The first-order valence-corrected chi connectivity index (χ1v) is 3.09. The van der Waals surface area contributed by atoms with Crippen LogP contribution in [0.15, 0.2) is 0 Å². The van der Waals surface area contributed by atoms with Crippen molar-refractivity contribution in [2.75, 3.05) is 0 Å². The van der Waals surface area contributed by atoms with E-state index in [1.54, 1.807) is 0 Å². The van der Waals surface area contributed by atoms with Crippen molar-refractivity contribution in [1.82, 2.24) is 0 Å². The van der Waals surface area contributed by atoms with Gasteiger partial charge in [0.15, 0.2) is 0 Å². The molecule has 0 amide bonds. The van der Waals surface area contributed by atoms with E-state index >= 15 is 0 Å². The van der Waals surface area contributed by atoms with E-state index in [1.165, 1.54) is 17.9 Å². The number of hydrogen-bond acceptors (Lipinski definition) is 0. The molecule has 0 heterocycles. The normalized spacial score (nSPS) is 0.778. The zero-order chi connectivity index (χ0) is 2.00. The predicted molar refractivity (Wildman–Crippen MR) is 34.7 cm³/mol.